The highest BCUT2D eigenvalue weighted by Crippen LogP contribution is 2.60. The minimum absolute atomic E-state index is 0.0985. The predicted molar refractivity (Wildman–Crippen MR) is 93.6 cm³/mol. The van der Waals surface area contributed by atoms with E-state index in [2.05, 4.69) is 4.98 Å². The van der Waals surface area contributed by atoms with Crippen molar-refractivity contribution in [2.45, 2.75) is 35.8 Å². The first-order valence-electron chi connectivity index (χ1n) is 8.50. The molecule has 200 valence electrons. The van der Waals surface area contributed by atoms with Gasteiger partial charge in [0.15, 0.2) is 5.13 Å². The highest BCUT2D eigenvalue weighted by atomic mass is 32.1. The monoisotopic (exact) mass is 567 g/mol. The zero-order chi connectivity index (χ0) is 28.1. The molecule has 20 heteroatoms. The molecule has 2 rings (SSSR count). The van der Waals surface area contributed by atoms with E-state index < -0.39 is 57.4 Å². The van der Waals surface area contributed by atoms with Crippen LogP contribution < -0.4 is 5.32 Å². The molecule has 6 nitrogen and oxygen atoms in total. The molecule has 0 atom stereocenters. The lowest BCUT2D eigenvalue weighted by atomic mass is 9.93. The third kappa shape index (κ3) is 4.41. The molecular weight excluding hydrogens is 561 g/mol. The van der Waals surface area contributed by atoms with Gasteiger partial charge in [-0.25, -0.2) is 4.98 Å². The van der Waals surface area contributed by atoms with Crippen molar-refractivity contribution in [2.24, 2.45) is 0 Å². The summed E-state index contributed by atoms with van der Waals surface area (Å²) in [6.45, 7) is 0. The van der Waals surface area contributed by atoms with Crippen LogP contribution in [0.3, 0.4) is 0 Å². The molecule has 0 aliphatic rings. The zero-order valence-electron chi connectivity index (χ0n) is 16.3. The Labute approximate surface area is 192 Å². The Hall–Kier alpha value is -3.19. The molecule has 1 aromatic carbocycles. The van der Waals surface area contributed by atoms with Crippen molar-refractivity contribution in [2.75, 3.05) is 5.32 Å². The molecule has 0 fully saturated rings. The fraction of sp³-hybridized carbons (Fsp3) is 0.375. The highest BCUT2D eigenvalue weighted by molar-refractivity contribution is 7.14. The van der Waals surface area contributed by atoms with Crippen LogP contribution in [0.2, 0.25) is 0 Å². The van der Waals surface area contributed by atoms with Gasteiger partial charge in [0.2, 0.25) is 0 Å². The van der Waals surface area contributed by atoms with E-state index in [0.717, 1.165) is 28.9 Å². The summed E-state index contributed by atoms with van der Waals surface area (Å²) in [6, 6.07) is 4.19. The van der Waals surface area contributed by atoms with Crippen molar-refractivity contribution in [1.29, 1.82) is 0 Å². The first-order valence-corrected chi connectivity index (χ1v) is 9.38. The number of halogens is 13. The summed E-state index contributed by atoms with van der Waals surface area (Å²) in [5, 5.41) is 11.4. The van der Waals surface area contributed by atoms with Crippen molar-refractivity contribution < 1.29 is 66.8 Å². The molecule has 0 radical (unpaired) electrons. The van der Waals surface area contributed by atoms with Crippen LogP contribution in [0.25, 0.3) is 11.3 Å². The van der Waals surface area contributed by atoms with Crippen LogP contribution >= 0.6 is 11.3 Å². The third-order valence-corrected chi connectivity index (χ3v) is 5.05. The molecule has 1 N–H and O–H groups in total. The van der Waals surface area contributed by atoms with Gasteiger partial charge in [-0.05, 0) is 0 Å². The number of nitrogens with zero attached hydrogens (tertiary/aromatic N) is 2. The molecule has 1 heterocycles. The van der Waals surface area contributed by atoms with Gasteiger partial charge in [0, 0.05) is 23.1 Å². The van der Waals surface area contributed by atoms with Gasteiger partial charge in [-0.2, -0.15) is 57.1 Å². The molecule has 0 spiro atoms. The number of carbonyl (C=O) groups excluding carboxylic acids is 1. The smallest absolute Gasteiger partial charge is 0.296 e. The fourth-order valence-corrected chi connectivity index (χ4v) is 3.04. The quantitative estimate of drug-likeness (QED) is 0.228. The molecule has 0 bridgehead atoms. The van der Waals surface area contributed by atoms with Gasteiger partial charge < -0.3 is 0 Å². The van der Waals surface area contributed by atoms with Crippen molar-refractivity contribution in [1.82, 2.24) is 4.98 Å². The van der Waals surface area contributed by atoms with E-state index in [9.17, 15) is 72.0 Å². The molecule has 1 aromatic heterocycles. The van der Waals surface area contributed by atoms with Crippen molar-refractivity contribution in [3.8, 4) is 11.3 Å². The lowest BCUT2D eigenvalue weighted by molar-refractivity contribution is -0.435. The number of carbonyl (C=O) groups is 1. The number of nitro groups is 1. The van der Waals surface area contributed by atoms with Crippen molar-refractivity contribution in [3.63, 3.8) is 0 Å². The lowest BCUT2D eigenvalue weighted by Crippen LogP contribution is -2.71. The number of alkyl halides is 13. The maximum atomic E-state index is 13.9. The minimum Gasteiger partial charge on any atom is -0.296 e. The Balaban J connectivity index is 2.37. The van der Waals surface area contributed by atoms with Crippen LogP contribution in [0.15, 0.2) is 29.6 Å². The Kier molecular flexibility index (Phi) is 7.04. The number of nitro benzene ring substituents is 1. The van der Waals surface area contributed by atoms with Crippen molar-refractivity contribution >= 4 is 28.1 Å². The summed E-state index contributed by atoms with van der Waals surface area (Å²) in [5.74, 6) is -42.5. The van der Waals surface area contributed by atoms with Crippen LogP contribution in [0.5, 0.6) is 0 Å². The second kappa shape index (κ2) is 8.73. The van der Waals surface area contributed by atoms with E-state index in [-0.39, 0.29) is 22.6 Å². The number of rotatable bonds is 8. The van der Waals surface area contributed by atoms with Crippen LogP contribution in [0.1, 0.15) is 0 Å². The SMILES string of the molecule is O=C(Nc1nc(-c2cccc([N+](=O)[O-])c2)cs1)C(F)(F)C(F)(F)C(F)(F)C(F)(F)C(F)(F)C(F)(F)F. The average molecular weight is 567 g/mol. The van der Waals surface area contributed by atoms with Crippen LogP contribution in [-0.4, -0.2) is 51.6 Å². The Morgan fingerprint density at radius 2 is 1.39 bits per heavy atom. The first kappa shape index (κ1) is 29.0. The van der Waals surface area contributed by atoms with Gasteiger partial charge in [-0.1, -0.05) is 12.1 Å². The largest absolute Gasteiger partial charge is 0.460 e. The minimum atomic E-state index is -8.14. The number of thiazole rings is 1. The summed E-state index contributed by atoms with van der Waals surface area (Å²) in [6.07, 6.45) is -7.57. The van der Waals surface area contributed by atoms with Gasteiger partial charge in [-0.3, -0.25) is 20.2 Å². The van der Waals surface area contributed by atoms with E-state index >= 15 is 0 Å². The number of non-ortho nitro benzene ring substituents is 1. The molecule has 36 heavy (non-hydrogen) atoms. The van der Waals surface area contributed by atoms with E-state index in [1.165, 1.54) is 6.07 Å². The normalized spacial score (nSPS) is 14.0. The van der Waals surface area contributed by atoms with Gasteiger partial charge >= 0.3 is 41.7 Å². The number of amides is 1. The Morgan fingerprint density at radius 1 is 0.861 bits per heavy atom. The molecule has 0 unspecified atom stereocenters. The Morgan fingerprint density at radius 3 is 1.89 bits per heavy atom. The van der Waals surface area contributed by atoms with E-state index in [0.29, 0.717) is 0 Å². The molecule has 0 saturated carbocycles. The number of hydrogen-bond donors (Lipinski definition) is 1. The maximum Gasteiger partial charge on any atom is 0.460 e. The molecule has 1 amide bonds. The topological polar surface area (TPSA) is 85.1 Å². The van der Waals surface area contributed by atoms with Crippen molar-refractivity contribution in [3.05, 3.63) is 39.8 Å². The average Bonchev–Trinajstić information content (AvgIpc) is 3.20. The maximum absolute atomic E-state index is 13.9. The van der Waals surface area contributed by atoms with Gasteiger partial charge in [0.1, 0.15) is 0 Å². The zero-order valence-corrected chi connectivity index (χ0v) is 17.1. The molecule has 2 aromatic rings. The van der Waals surface area contributed by atoms with E-state index in [4.69, 9.17) is 0 Å². The van der Waals surface area contributed by atoms with Gasteiger partial charge in [0.05, 0.1) is 10.6 Å². The second-order valence-corrected chi connectivity index (χ2v) is 7.53. The molecular formula is C16H6F13N3O3S. The fourth-order valence-electron chi connectivity index (χ4n) is 2.33. The Bertz CT molecular complexity index is 1160. The van der Waals surface area contributed by atoms with E-state index in [1.54, 1.807) is 0 Å². The lowest BCUT2D eigenvalue weighted by Gasteiger charge is -2.39. The predicted octanol–water partition coefficient (Wildman–Crippen LogP) is 6.40. The number of hydrogen-bond acceptors (Lipinski definition) is 5. The summed E-state index contributed by atoms with van der Waals surface area (Å²) in [4.78, 5) is 24.8. The van der Waals surface area contributed by atoms with Crippen LogP contribution in [0.4, 0.5) is 67.9 Å². The third-order valence-electron chi connectivity index (χ3n) is 4.30. The number of nitrogens with one attached hydrogen (secondary N) is 1. The first-order chi connectivity index (χ1) is 16.0. The number of anilines is 1. The number of aromatic nitrogens is 1. The second-order valence-electron chi connectivity index (χ2n) is 6.67. The standard InChI is InChI=1S/C16H6F13N3O3S/c17-11(18,12(19,20)13(21,22)14(23,24)15(25,26)16(27,28)29)9(33)31-10-30-8(5-36-10)6-2-1-3-7(4-6)32(34)35/h1-5H,(H,30,31,33). The highest BCUT2D eigenvalue weighted by Gasteiger charge is 2.91. The summed E-state index contributed by atoms with van der Waals surface area (Å²) in [5.41, 5.74) is -0.926. The molecule has 0 saturated heterocycles. The molecule has 0 aliphatic carbocycles. The van der Waals surface area contributed by atoms with E-state index in [1.807, 2.05) is 0 Å². The molecule has 0 aliphatic heterocycles. The summed E-state index contributed by atoms with van der Waals surface area (Å²) < 4.78 is 171. The number of benzene rings is 1. The summed E-state index contributed by atoms with van der Waals surface area (Å²) in [7, 11) is 0. The van der Waals surface area contributed by atoms with Crippen LogP contribution in [-0.2, 0) is 4.79 Å². The van der Waals surface area contributed by atoms with Gasteiger partial charge in [-0.15, -0.1) is 11.3 Å². The van der Waals surface area contributed by atoms with Crippen LogP contribution in [0, 0.1) is 10.1 Å². The van der Waals surface area contributed by atoms with Gasteiger partial charge in [0.25, 0.3) is 5.69 Å². The summed E-state index contributed by atoms with van der Waals surface area (Å²) >= 11 is 0.139.